The van der Waals surface area contributed by atoms with Crippen LogP contribution in [-0.2, 0) is 12.4 Å². The lowest BCUT2D eigenvalue weighted by molar-refractivity contribution is 0.649. The van der Waals surface area contributed by atoms with Crippen molar-refractivity contribution in [1.29, 1.82) is 0 Å². The van der Waals surface area contributed by atoms with Crippen LogP contribution < -0.4 is 0 Å². The smallest absolute Gasteiger partial charge is 0.0974 e. The maximum absolute atomic E-state index is 6.04. The minimum Gasteiger partial charge on any atom is -0.248 e. The number of halogens is 3. The number of rotatable bonds is 3. The van der Waals surface area contributed by atoms with Crippen molar-refractivity contribution in [2.24, 2.45) is 0 Å². The molecule has 1 heterocycles. The van der Waals surface area contributed by atoms with E-state index in [1.165, 1.54) is 0 Å². The monoisotopic (exact) mass is 275 g/mol. The van der Waals surface area contributed by atoms with Gasteiger partial charge in [-0.25, -0.2) is 4.68 Å². The van der Waals surface area contributed by atoms with Gasteiger partial charge in [0.2, 0.25) is 0 Å². The van der Waals surface area contributed by atoms with Crippen molar-refractivity contribution >= 4 is 34.8 Å². The molecule has 0 fully saturated rings. The molecular formula is C10H8Cl3N3. The summed E-state index contributed by atoms with van der Waals surface area (Å²) in [5.41, 5.74) is 1.64. The standard InChI is InChI=1S/C10H8Cl3N3/c11-4-9-6-16(15-14-9)5-7-3-8(12)1-2-10(7)13/h1-3,6H,4-5H2. The van der Waals surface area contributed by atoms with Crippen LogP contribution in [0.3, 0.4) is 0 Å². The van der Waals surface area contributed by atoms with Crippen molar-refractivity contribution in [1.82, 2.24) is 15.0 Å². The number of aromatic nitrogens is 3. The first-order valence-electron chi connectivity index (χ1n) is 4.58. The van der Waals surface area contributed by atoms with E-state index >= 15 is 0 Å². The zero-order valence-corrected chi connectivity index (χ0v) is 10.5. The summed E-state index contributed by atoms with van der Waals surface area (Å²) in [5, 5.41) is 9.13. The summed E-state index contributed by atoms with van der Waals surface area (Å²) in [6.45, 7) is 0.531. The molecule has 2 rings (SSSR count). The fourth-order valence-corrected chi connectivity index (χ4v) is 1.81. The van der Waals surface area contributed by atoms with Crippen LogP contribution in [0, 0.1) is 0 Å². The number of benzene rings is 1. The number of hydrogen-bond donors (Lipinski definition) is 0. The first-order chi connectivity index (χ1) is 7.69. The van der Waals surface area contributed by atoms with Crippen molar-refractivity contribution in [2.75, 3.05) is 0 Å². The van der Waals surface area contributed by atoms with Gasteiger partial charge in [-0.15, -0.1) is 16.7 Å². The van der Waals surface area contributed by atoms with Gasteiger partial charge in [0, 0.05) is 10.0 Å². The summed E-state index contributed by atoms with van der Waals surface area (Å²) >= 11 is 17.6. The highest BCUT2D eigenvalue weighted by Gasteiger charge is 2.04. The summed E-state index contributed by atoms with van der Waals surface area (Å²) < 4.78 is 1.68. The zero-order chi connectivity index (χ0) is 11.5. The molecule has 0 N–H and O–H groups in total. The Kier molecular flexibility index (Phi) is 3.69. The Morgan fingerprint density at radius 2 is 2.06 bits per heavy atom. The molecule has 0 aliphatic rings. The van der Waals surface area contributed by atoms with Crippen LogP contribution in [0.25, 0.3) is 0 Å². The van der Waals surface area contributed by atoms with Crippen LogP contribution in [0.15, 0.2) is 24.4 Å². The second-order valence-electron chi connectivity index (χ2n) is 3.28. The van der Waals surface area contributed by atoms with Crippen molar-refractivity contribution in [3.05, 3.63) is 45.7 Å². The summed E-state index contributed by atoms with van der Waals surface area (Å²) in [6.07, 6.45) is 1.78. The summed E-state index contributed by atoms with van der Waals surface area (Å²) in [5.74, 6) is 0.350. The van der Waals surface area contributed by atoms with Gasteiger partial charge in [0.05, 0.1) is 24.3 Å². The SMILES string of the molecule is ClCc1cn(Cc2cc(Cl)ccc2Cl)nn1. The van der Waals surface area contributed by atoms with E-state index < -0.39 is 0 Å². The maximum Gasteiger partial charge on any atom is 0.0974 e. The first-order valence-corrected chi connectivity index (χ1v) is 5.87. The van der Waals surface area contributed by atoms with Gasteiger partial charge in [-0.1, -0.05) is 28.4 Å². The van der Waals surface area contributed by atoms with E-state index in [9.17, 15) is 0 Å². The third kappa shape index (κ3) is 2.67. The third-order valence-corrected chi connectivity index (χ3v) is 2.94. The van der Waals surface area contributed by atoms with Crippen LogP contribution >= 0.6 is 34.8 Å². The quantitative estimate of drug-likeness (QED) is 0.805. The van der Waals surface area contributed by atoms with Crippen molar-refractivity contribution in [2.45, 2.75) is 12.4 Å². The van der Waals surface area contributed by atoms with E-state index in [0.29, 0.717) is 22.5 Å². The second-order valence-corrected chi connectivity index (χ2v) is 4.39. The van der Waals surface area contributed by atoms with Gasteiger partial charge in [-0.3, -0.25) is 0 Å². The molecule has 0 atom stereocenters. The Labute approximate surface area is 108 Å². The molecule has 0 spiro atoms. The largest absolute Gasteiger partial charge is 0.248 e. The predicted octanol–water partition coefficient (Wildman–Crippen LogP) is 3.37. The van der Waals surface area contributed by atoms with E-state index in [1.54, 1.807) is 23.0 Å². The Morgan fingerprint density at radius 3 is 2.75 bits per heavy atom. The summed E-state index contributed by atoms with van der Waals surface area (Å²) in [4.78, 5) is 0. The lowest BCUT2D eigenvalue weighted by atomic mass is 10.2. The molecule has 1 aromatic carbocycles. The molecule has 0 unspecified atom stereocenters. The van der Waals surface area contributed by atoms with Gasteiger partial charge in [0.25, 0.3) is 0 Å². The molecule has 6 heteroatoms. The molecule has 0 aliphatic carbocycles. The van der Waals surface area contributed by atoms with E-state index in [1.807, 2.05) is 6.07 Å². The average Bonchev–Trinajstić information content (AvgIpc) is 2.71. The van der Waals surface area contributed by atoms with Gasteiger partial charge in [-0.05, 0) is 23.8 Å². The van der Waals surface area contributed by atoms with E-state index in [2.05, 4.69) is 10.3 Å². The molecule has 2 aromatic rings. The third-order valence-electron chi connectivity index (χ3n) is 2.06. The lowest BCUT2D eigenvalue weighted by Gasteiger charge is -2.04. The molecule has 0 radical (unpaired) electrons. The van der Waals surface area contributed by atoms with E-state index in [4.69, 9.17) is 34.8 Å². The highest BCUT2D eigenvalue weighted by Crippen LogP contribution is 2.21. The van der Waals surface area contributed by atoms with Crippen LogP contribution in [0.1, 0.15) is 11.3 Å². The van der Waals surface area contributed by atoms with Crippen LogP contribution in [-0.4, -0.2) is 15.0 Å². The number of hydrogen-bond acceptors (Lipinski definition) is 2. The highest BCUT2D eigenvalue weighted by molar-refractivity contribution is 6.33. The Hall–Kier alpha value is -0.770. The minimum absolute atomic E-state index is 0.350. The lowest BCUT2D eigenvalue weighted by Crippen LogP contribution is -2.01. The first kappa shape index (κ1) is 11.7. The van der Waals surface area contributed by atoms with E-state index in [-0.39, 0.29) is 0 Å². The molecule has 16 heavy (non-hydrogen) atoms. The Morgan fingerprint density at radius 1 is 1.25 bits per heavy atom. The van der Waals surface area contributed by atoms with Crippen LogP contribution in [0.2, 0.25) is 10.0 Å². The second kappa shape index (κ2) is 5.04. The molecule has 3 nitrogen and oxygen atoms in total. The molecular weight excluding hydrogens is 268 g/mol. The molecule has 0 bridgehead atoms. The molecule has 0 amide bonds. The van der Waals surface area contributed by atoms with Crippen molar-refractivity contribution in [3.8, 4) is 0 Å². The van der Waals surface area contributed by atoms with Crippen LogP contribution in [0.5, 0.6) is 0 Å². The normalized spacial score (nSPS) is 10.7. The van der Waals surface area contributed by atoms with Crippen molar-refractivity contribution in [3.63, 3.8) is 0 Å². The molecule has 1 aromatic heterocycles. The molecule has 0 saturated heterocycles. The highest BCUT2D eigenvalue weighted by atomic mass is 35.5. The van der Waals surface area contributed by atoms with Gasteiger partial charge >= 0.3 is 0 Å². The Bertz CT molecular complexity index is 496. The molecule has 84 valence electrons. The van der Waals surface area contributed by atoms with Gasteiger partial charge in [0.15, 0.2) is 0 Å². The molecule has 0 saturated carbocycles. The van der Waals surface area contributed by atoms with Gasteiger partial charge in [-0.2, -0.15) is 0 Å². The number of alkyl halides is 1. The van der Waals surface area contributed by atoms with E-state index in [0.717, 1.165) is 11.3 Å². The fourth-order valence-electron chi connectivity index (χ4n) is 1.32. The Balaban J connectivity index is 2.22. The maximum atomic E-state index is 6.04. The van der Waals surface area contributed by atoms with Gasteiger partial charge < -0.3 is 0 Å². The predicted molar refractivity (Wildman–Crippen MR) is 65.1 cm³/mol. The van der Waals surface area contributed by atoms with Gasteiger partial charge in [0.1, 0.15) is 0 Å². The molecule has 0 aliphatic heterocycles. The van der Waals surface area contributed by atoms with Crippen molar-refractivity contribution < 1.29 is 0 Å². The summed E-state index contributed by atoms with van der Waals surface area (Å²) in [6, 6.07) is 5.32. The topological polar surface area (TPSA) is 30.7 Å². The van der Waals surface area contributed by atoms with Crippen LogP contribution in [0.4, 0.5) is 0 Å². The average molecular weight is 277 g/mol. The minimum atomic E-state index is 0.350. The number of nitrogens with zero attached hydrogens (tertiary/aromatic N) is 3. The zero-order valence-electron chi connectivity index (χ0n) is 8.20. The fraction of sp³-hybridized carbons (Fsp3) is 0.200. The summed E-state index contributed by atoms with van der Waals surface area (Å²) in [7, 11) is 0.